The molecule has 4 atom stereocenters. The molecule has 2 heterocycles. The van der Waals surface area contributed by atoms with Crippen molar-refractivity contribution in [2.45, 2.75) is 32.2 Å². The number of likely N-dealkylation sites (N-methyl/N-ethyl adjacent to an activating group) is 1. The van der Waals surface area contributed by atoms with Gasteiger partial charge < -0.3 is 20.1 Å². The summed E-state index contributed by atoms with van der Waals surface area (Å²) in [6.07, 6.45) is 2.14. The molecule has 4 unspecified atom stereocenters. The molecule has 0 spiro atoms. The molecule has 0 aromatic carbocycles. The Bertz CT molecular complexity index is 388. The zero-order chi connectivity index (χ0) is 15.4. The Hall–Kier alpha value is -1.14. The standard InChI is InChI=1S/C15H26N2O4/c1-10(6-14(18)19)11-4-3-5-17(7-11)15(20)12-8-21-9-13(12)16-2/h10-13,16H,3-9H2,1-2H3,(H,18,19). The lowest BCUT2D eigenvalue weighted by Gasteiger charge is -2.37. The van der Waals surface area contributed by atoms with Crippen molar-refractivity contribution in [3.63, 3.8) is 0 Å². The summed E-state index contributed by atoms with van der Waals surface area (Å²) in [5.74, 6) is -0.319. The van der Waals surface area contributed by atoms with Crippen LogP contribution < -0.4 is 5.32 Å². The Morgan fingerprint density at radius 2 is 2.19 bits per heavy atom. The first kappa shape index (κ1) is 16.2. The highest BCUT2D eigenvalue weighted by Gasteiger charge is 2.37. The fraction of sp³-hybridized carbons (Fsp3) is 0.867. The van der Waals surface area contributed by atoms with E-state index < -0.39 is 5.97 Å². The van der Waals surface area contributed by atoms with Crippen LogP contribution in [0.25, 0.3) is 0 Å². The molecule has 6 nitrogen and oxygen atoms in total. The smallest absolute Gasteiger partial charge is 0.303 e. The topological polar surface area (TPSA) is 78.9 Å². The van der Waals surface area contributed by atoms with Crippen LogP contribution in [0.5, 0.6) is 0 Å². The number of aliphatic carboxylic acids is 1. The number of amides is 1. The molecule has 0 saturated carbocycles. The lowest BCUT2D eigenvalue weighted by molar-refractivity contribution is -0.139. The van der Waals surface area contributed by atoms with E-state index in [1.54, 1.807) is 0 Å². The fourth-order valence-electron chi connectivity index (χ4n) is 3.43. The van der Waals surface area contributed by atoms with Crippen molar-refractivity contribution < 1.29 is 19.4 Å². The summed E-state index contributed by atoms with van der Waals surface area (Å²) in [5, 5.41) is 12.1. The van der Waals surface area contributed by atoms with Crippen LogP contribution in [-0.2, 0) is 14.3 Å². The van der Waals surface area contributed by atoms with Crippen molar-refractivity contribution in [2.24, 2.45) is 17.8 Å². The predicted molar refractivity (Wildman–Crippen MR) is 77.9 cm³/mol. The van der Waals surface area contributed by atoms with E-state index >= 15 is 0 Å². The van der Waals surface area contributed by atoms with Gasteiger partial charge in [-0.25, -0.2) is 0 Å². The van der Waals surface area contributed by atoms with Gasteiger partial charge in [0.25, 0.3) is 0 Å². The summed E-state index contributed by atoms with van der Waals surface area (Å²) < 4.78 is 5.41. The second-order valence-corrected chi connectivity index (χ2v) is 6.30. The fourth-order valence-corrected chi connectivity index (χ4v) is 3.43. The lowest BCUT2D eigenvalue weighted by Crippen LogP contribution is -2.49. The highest BCUT2D eigenvalue weighted by Crippen LogP contribution is 2.28. The minimum Gasteiger partial charge on any atom is -0.481 e. The van der Waals surface area contributed by atoms with Crippen molar-refractivity contribution in [1.82, 2.24) is 10.2 Å². The second kappa shape index (κ2) is 7.22. The normalized spacial score (nSPS) is 31.1. The molecule has 0 radical (unpaired) electrons. The minimum absolute atomic E-state index is 0.0920. The van der Waals surface area contributed by atoms with Crippen LogP contribution in [0, 0.1) is 17.8 Å². The van der Waals surface area contributed by atoms with Gasteiger partial charge in [-0.1, -0.05) is 6.92 Å². The van der Waals surface area contributed by atoms with Gasteiger partial charge in [0.2, 0.25) is 5.91 Å². The summed E-state index contributed by atoms with van der Waals surface area (Å²) in [6.45, 7) is 4.50. The third-order valence-corrected chi connectivity index (χ3v) is 4.84. The molecule has 2 N–H and O–H groups in total. The van der Waals surface area contributed by atoms with Crippen molar-refractivity contribution in [3.8, 4) is 0 Å². The molecule has 0 aliphatic carbocycles. The molecular weight excluding hydrogens is 272 g/mol. The number of nitrogens with zero attached hydrogens (tertiary/aromatic N) is 1. The first-order chi connectivity index (χ1) is 10.0. The van der Waals surface area contributed by atoms with Crippen LogP contribution >= 0.6 is 0 Å². The largest absolute Gasteiger partial charge is 0.481 e. The highest BCUT2D eigenvalue weighted by molar-refractivity contribution is 5.80. The Morgan fingerprint density at radius 1 is 1.43 bits per heavy atom. The third-order valence-electron chi connectivity index (χ3n) is 4.84. The van der Waals surface area contributed by atoms with Gasteiger partial charge in [0.1, 0.15) is 0 Å². The van der Waals surface area contributed by atoms with E-state index in [0.717, 1.165) is 19.4 Å². The molecular formula is C15H26N2O4. The number of piperidine rings is 1. The Morgan fingerprint density at radius 3 is 2.86 bits per heavy atom. The lowest BCUT2D eigenvalue weighted by atomic mass is 9.84. The number of carbonyl (C=O) groups excluding carboxylic acids is 1. The summed E-state index contributed by atoms with van der Waals surface area (Å²) in [7, 11) is 1.85. The summed E-state index contributed by atoms with van der Waals surface area (Å²) in [5.41, 5.74) is 0. The number of likely N-dealkylation sites (tertiary alicyclic amines) is 1. The maximum atomic E-state index is 12.6. The van der Waals surface area contributed by atoms with Gasteiger partial charge in [-0.3, -0.25) is 9.59 Å². The van der Waals surface area contributed by atoms with Gasteiger partial charge >= 0.3 is 5.97 Å². The number of carboxylic acid groups (broad SMARTS) is 1. The predicted octanol–water partition coefficient (Wildman–Crippen LogP) is 0.570. The molecule has 2 aliphatic heterocycles. The Kier molecular flexibility index (Phi) is 5.58. The molecule has 2 fully saturated rings. The van der Waals surface area contributed by atoms with Gasteiger partial charge in [0, 0.05) is 25.6 Å². The molecule has 120 valence electrons. The number of hydrogen-bond donors (Lipinski definition) is 2. The van der Waals surface area contributed by atoms with E-state index in [-0.39, 0.29) is 36.1 Å². The summed E-state index contributed by atoms with van der Waals surface area (Å²) >= 11 is 0. The van der Waals surface area contributed by atoms with Crippen LogP contribution in [0.3, 0.4) is 0 Å². The van der Waals surface area contributed by atoms with E-state index in [1.807, 2.05) is 18.9 Å². The van der Waals surface area contributed by atoms with E-state index in [9.17, 15) is 9.59 Å². The molecule has 0 aromatic rings. The van der Waals surface area contributed by atoms with Crippen LogP contribution in [0.1, 0.15) is 26.2 Å². The number of ether oxygens (including phenoxy) is 1. The maximum Gasteiger partial charge on any atom is 0.303 e. The number of carboxylic acids is 1. The zero-order valence-electron chi connectivity index (χ0n) is 12.9. The highest BCUT2D eigenvalue weighted by atomic mass is 16.5. The number of rotatable bonds is 5. The zero-order valence-corrected chi connectivity index (χ0v) is 12.9. The van der Waals surface area contributed by atoms with Crippen LogP contribution in [0.4, 0.5) is 0 Å². The van der Waals surface area contributed by atoms with E-state index in [4.69, 9.17) is 9.84 Å². The van der Waals surface area contributed by atoms with Crippen molar-refractivity contribution in [1.29, 1.82) is 0 Å². The molecule has 2 rings (SSSR count). The van der Waals surface area contributed by atoms with Crippen molar-refractivity contribution in [3.05, 3.63) is 0 Å². The second-order valence-electron chi connectivity index (χ2n) is 6.30. The summed E-state index contributed by atoms with van der Waals surface area (Å²) in [6, 6.07) is 0.0920. The SMILES string of the molecule is CNC1COCC1C(=O)N1CCCC(C(C)CC(=O)O)C1. The van der Waals surface area contributed by atoms with E-state index in [1.165, 1.54) is 0 Å². The average Bonchev–Trinajstić information content (AvgIpc) is 2.94. The van der Waals surface area contributed by atoms with Crippen LogP contribution in [0.15, 0.2) is 0 Å². The molecule has 1 amide bonds. The van der Waals surface area contributed by atoms with Gasteiger partial charge in [-0.15, -0.1) is 0 Å². The molecule has 6 heteroatoms. The molecule has 0 aromatic heterocycles. The van der Waals surface area contributed by atoms with Gasteiger partial charge in [-0.2, -0.15) is 0 Å². The van der Waals surface area contributed by atoms with Gasteiger partial charge in [0.15, 0.2) is 0 Å². The third kappa shape index (κ3) is 3.95. The van der Waals surface area contributed by atoms with Crippen molar-refractivity contribution >= 4 is 11.9 Å². The first-order valence-electron chi connectivity index (χ1n) is 7.78. The molecule has 2 saturated heterocycles. The maximum absolute atomic E-state index is 12.6. The van der Waals surface area contributed by atoms with E-state index in [2.05, 4.69) is 5.32 Å². The van der Waals surface area contributed by atoms with E-state index in [0.29, 0.717) is 19.8 Å². The van der Waals surface area contributed by atoms with Gasteiger partial charge in [-0.05, 0) is 31.7 Å². The minimum atomic E-state index is -0.759. The number of carbonyl (C=O) groups is 2. The summed E-state index contributed by atoms with van der Waals surface area (Å²) in [4.78, 5) is 25.4. The average molecular weight is 298 g/mol. The number of nitrogens with one attached hydrogen (secondary N) is 1. The molecule has 0 bridgehead atoms. The Labute approximate surface area is 125 Å². The van der Waals surface area contributed by atoms with Crippen LogP contribution in [0.2, 0.25) is 0 Å². The van der Waals surface area contributed by atoms with Gasteiger partial charge in [0.05, 0.1) is 19.1 Å². The van der Waals surface area contributed by atoms with Crippen LogP contribution in [-0.4, -0.2) is 61.3 Å². The molecule has 21 heavy (non-hydrogen) atoms. The first-order valence-corrected chi connectivity index (χ1v) is 7.78. The molecule has 2 aliphatic rings. The van der Waals surface area contributed by atoms with Crippen molar-refractivity contribution in [2.75, 3.05) is 33.4 Å². The monoisotopic (exact) mass is 298 g/mol. The number of hydrogen-bond acceptors (Lipinski definition) is 4. The quantitative estimate of drug-likeness (QED) is 0.776. The Balaban J connectivity index is 1.94.